The topological polar surface area (TPSA) is 26.3 Å². The summed E-state index contributed by atoms with van der Waals surface area (Å²) < 4.78 is 5.98. The molecule has 112 valence electrons. The molecule has 1 heterocycles. The standard InChI is InChI=1S/C17H19BrO2S/c1-4-20-17(19)12-14(3)7-5-6-13(2)8-9-15-10-11-16(18)21-15/h5-12H,4H2,1-3H3/b7-5+,9-8+,13-6+,14-12+. The van der Waals surface area contributed by atoms with Gasteiger partial charge >= 0.3 is 5.97 Å². The molecule has 0 radical (unpaired) electrons. The Hall–Kier alpha value is -1.39. The molecule has 0 aliphatic rings. The molecule has 0 aliphatic heterocycles. The van der Waals surface area contributed by atoms with Gasteiger partial charge in [0.1, 0.15) is 0 Å². The lowest BCUT2D eigenvalue weighted by Crippen LogP contribution is -1.99. The predicted octanol–water partition coefficient (Wildman–Crippen LogP) is 5.54. The first-order valence-corrected chi connectivity index (χ1v) is 8.25. The number of thiophene rings is 1. The molecule has 0 spiro atoms. The molecule has 0 atom stereocenters. The van der Waals surface area contributed by atoms with Crippen LogP contribution in [0.3, 0.4) is 0 Å². The van der Waals surface area contributed by atoms with Gasteiger partial charge in [-0.2, -0.15) is 0 Å². The van der Waals surface area contributed by atoms with Crippen LogP contribution in [-0.2, 0) is 9.53 Å². The van der Waals surface area contributed by atoms with Crippen LogP contribution in [-0.4, -0.2) is 12.6 Å². The monoisotopic (exact) mass is 366 g/mol. The smallest absolute Gasteiger partial charge is 0.330 e. The van der Waals surface area contributed by atoms with Gasteiger partial charge in [0.15, 0.2) is 0 Å². The number of hydrogen-bond donors (Lipinski definition) is 0. The lowest BCUT2D eigenvalue weighted by molar-refractivity contribution is -0.137. The minimum Gasteiger partial charge on any atom is -0.463 e. The first kappa shape index (κ1) is 17.7. The van der Waals surface area contributed by atoms with E-state index in [0.717, 1.165) is 14.9 Å². The van der Waals surface area contributed by atoms with Crippen LogP contribution in [0.5, 0.6) is 0 Å². The fraction of sp³-hybridized carbons (Fsp3) is 0.235. The van der Waals surface area contributed by atoms with Crippen LogP contribution in [0.2, 0.25) is 0 Å². The number of ether oxygens (including phenoxy) is 1. The van der Waals surface area contributed by atoms with Crippen LogP contribution >= 0.6 is 27.3 Å². The van der Waals surface area contributed by atoms with Crippen LogP contribution in [0.25, 0.3) is 6.08 Å². The number of halogens is 1. The van der Waals surface area contributed by atoms with E-state index in [2.05, 4.69) is 34.1 Å². The minimum atomic E-state index is -0.302. The average Bonchev–Trinajstić information content (AvgIpc) is 2.82. The van der Waals surface area contributed by atoms with Crippen molar-refractivity contribution >= 4 is 39.3 Å². The maximum Gasteiger partial charge on any atom is 0.330 e. The SMILES string of the molecule is CCOC(=O)/C=C(C)/C=C/C=C(C)/C=C/c1ccc(Br)s1. The number of allylic oxidation sites excluding steroid dienone is 6. The zero-order valence-corrected chi connectivity index (χ0v) is 14.8. The number of esters is 1. The quantitative estimate of drug-likeness (QED) is 0.375. The van der Waals surface area contributed by atoms with Gasteiger partial charge in [-0.25, -0.2) is 4.79 Å². The molecule has 0 unspecified atom stereocenters. The first-order valence-electron chi connectivity index (χ1n) is 6.64. The molecule has 1 rings (SSSR count). The van der Waals surface area contributed by atoms with Gasteiger partial charge in [-0.1, -0.05) is 29.9 Å². The fourth-order valence-electron chi connectivity index (χ4n) is 1.46. The molecule has 0 aliphatic carbocycles. The van der Waals surface area contributed by atoms with E-state index in [4.69, 9.17) is 4.74 Å². The zero-order valence-electron chi connectivity index (χ0n) is 12.4. The van der Waals surface area contributed by atoms with Crippen LogP contribution in [0.15, 0.2) is 57.4 Å². The van der Waals surface area contributed by atoms with Crippen molar-refractivity contribution in [1.29, 1.82) is 0 Å². The second-order valence-electron chi connectivity index (χ2n) is 4.39. The van der Waals surface area contributed by atoms with Gasteiger partial charge in [-0.15, -0.1) is 11.3 Å². The summed E-state index contributed by atoms with van der Waals surface area (Å²) in [6.07, 6.45) is 11.4. The van der Waals surface area contributed by atoms with E-state index in [0.29, 0.717) is 6.61 Å². The van der Waals surface area contributed by atoms with Crippen LogP contribution in [0.1, 0.15) is 25.6 Å². The second-order valence-corrected chi connectivity index (χ2v) is 6.88. The summed E-state index contributed by atoms with van der Waals surface area (Å²) >= 11 is 5.14. The fourth-order valence-corrected chi connectivity index (χ4v) is 2.78. The zero-order chi connectivity index (χ0) is 15.7. The van der Waals surface area contributed by atoms with Gasteiger partial charge in [0, 0.05) is 11.0 Å². The average molecular weight is 367 g/mol. The first-order chi connectivity index (χ1) is 10.0. The van der Waals surface area contributed by atoms with E-state index < -0.39 is 0 Å². The number of carbonyl (C=O) groups excluding carboxylic acids is 1. The minimum absolute atomic E-state index is 0.302. The molecule has 0 N–H and O–H groups in total. The normalized spacial score (nSPS) is 13.3. The third kappa shape index (κ3) is 7.83. The second kappa shape index (κ2) is 9.53. The van der Waals surface area contributed by atoms with Crippen molar-refractivity contribution < 1.29 is 9.53 Å². The van der Waals surface area contributed by atoms with E-state index in [9.17, 15) is 4.79 Å². The van der Waals surface area contributed by atoms with Crippen molar-refractivity contribution in [2.75, 3.05) is 6.61 Å². The number of rotatable bonds is 6. The Morgan fingerprint density at radius 3 is 2.67 bits per heavy atom. The van der Waals surface area contributed by atoms with Crippen LogP contribution < -0.4 is 0 Å². The summed E-state index contributed by atoms with van der Waals surface area (Å²) in [5.74, 6) is -0.302. The van der Waals surface area contributed by atoms with Crippen molar-refractivity contribution in [2.45, 2.75) is 20.8 Å². The van der Waals surface area contributed by atoms with Crippen LogP contribution in [0, 0.1) is 0 Å². The van der Waals surface area contributed by atoms with E-state index in [-0.39, 0.29) is 5.97 Å². The molecule has 21 heavy (non-hydrogen) atoms. The summed E-state index contributed by atoms with van der Waals surface area (Å²) in [5, 5.41) is 0. The summed E-state index contributed by atoms with van der Waals surface area (Å²) in [6, 6.07) is 4.10. The lowest BCUT2D eigenvalue weighted by Gasteiger charge is -1.95. The van der Waals surface area contributed by atoms with E-state index in [1.54, 1.807) is 18.3 Å². The van der Waals surface area contributed by atoms with Crippen molar-refractivity contribution in [3.05, 3.63) is 62.3 Å². The van der Waals surface area contributed by atoms with Crippen molar-refractivity contribution in [2.24, 2.45) is 0 Å². The third-order valence-electron chi connectivity index (χ3n) is 2.45. The van der Waals surface area contributed by atoms with Gasteiger partial charge in [0.05, 0.1) is 10.4 Å². The number of hydrogen-bond acceptors (Lipinski definition) is 3. The highest BCUT2D eigenvalue weighted by Gasteiger charge is 1.94. The highest BCUT2D eigenvalue weighted by atomic mass is 79.9. The molecule has 0 saturated heterocycles. The van der Waals surface area contributed by atoms with Gasteiger partial charge in [0.2, 0.25) is 0 Å². The highest BCUT2D eigenvalue weighted by molar-refractivity contribution is 9.11. The Kier molecular flexibility index (Phi) is 8.01. The molecule has 0 amide bonds. The third-order valence-corrected chi connectivity index (χ3v) is 4.04. The molecule has 1 aromatic rings. The predicted molar refractivity (Wildman–Crippen MR) is 94.3 cm³/mol. The van der Waals surface area contributed by atoms with E-state index >= 15 is 0 Å². The Morgan fingerprint density at radius 1 is 1.29 bits per heavy atom. The van der Waals surface area contributed by atoms with E-state index in [1.165, 1.54) is 11.0 Å². The lowest BCUT2D eigenvalue weighted by atomic mass is 10.2. The van der Waals surface area contributed by atoms with E-state index in [1.807, 2.05) is 38.1 Å². The molecular formula is C17H19BrO2S. The van der Waals surface area contributed by atoms with Gasteiger partial charge < -0.3 is 4.74 Å². The van der Waals surface area contributed by atoms with Crippen molar-refractivity contribution in [3.63, 3.8) is 0 Å². The molecule has 1 aromatic heterocycles. The molecule has 0 saturated carbocycles. The Morgan fingerprint density at radius 2 is 2.05 bits per heavy atom. The summed E-state index contributed by atoms with van der Waals surface area (Å²) in [5.41, 5.74) is 2.00. The van der Waals surface area contributed by atoms with Crippen LogP contribution in [0.4, 0.5) is 0 Å². The van der Waals surface area contributed by atoms with Gasteiger partial charge in [-0.05, 0) is 60.5 Å². The van der Waals surface area contributed by atoms with Crippen molar-refractivity contribution in [1.82, 2.24) is 0 Å². The Bertz CT molecular complexity index is 592. The molecule has 0 aromatic carbocycles. The molecule has 4 heteroatoms. The van der Waals surface area contributed by atoms with Gasteiger partial charge in [0.25, 0.3) is 0 Å². The summed E-state index contributed by atoms with van der Waals surface area (Å²) in [4.78, 5) is 12.5. The van der Waals surface area contributed by atoms with Crippen molar-refractivity contribution in [3.8, 4) is 0 Å². The molecular weight excluding hydrogens is 348 g/mol. The Labute approximate surface area is 138 Å². The summed E-state index contributed by atoms with van der Waals surface area (Å²) in [7, 11) is 0. The molecule has 0 fully saturated rings. The number of carbonyl (C=O) groups is 1. The largest absolute Gasteiger partial charge is 0.463 e. The molecule has 2 nitrogen and oxygen atoms in total. The summed E-state index contributed by atoms with van der Waals surface area (Å²) in [6.45, 7) is 6.10. The van der Waals surface area contributed by atoms with Gasteiger partial charge in [-0.3, -0.25) is 0 Å². The maximum atomic E-state index is 11.3. The maximum absolute atomic E-state index is 11.3. The highest BCUT2D eigenvalue weighted by Crippen LogP contribution is 2.23. The Balaban J connectivity index is 2.56. The molecule has 0 bridgehead atoms.